The van der Waals surface area contributed by atoms with Gasteiger partial charge >= 0.3 is 5.97 Å². The molecule has 1 rings (SSSR count). The second-order valence-corrected chi connectivity index (χ2v) is 5.24. The standard InChI is InChI=1S/C14H24O2/c1-12(2)13(15)16-14(3)10-8-6-4-5-7-9-11-14/h1,4-11H2,2-3H3. The Balaban J connectivity index is 2.56. The summed E-state index contributed by atoms with van der Waals surface area (Å²) in [6, 6.07) is 0. The molecule has 1 fully saturated rings. The number of hydrogen-bond acceptors (Lipinski definition) is 2. The fourth-order valence-corrected chi connectivity index (χ4v) is 2.24. The molecule has 1 aliphatic rings. The van der Waals surface area contributed by atoms with Gasteiger partial charge in [-0.25, -0.2) is 4.79 Å². The Kier molecular flexibility index (Phi) is 5.04. The summed E-state index contributed by atoms with van der Waals surface area (Å²) in [5.41, 5.74) is 0.237. The molecule has 1 aliphatic carbocycles. The van der Waals surface area contributed by atoms with Crippen molar-refractivity contribution in [2.24, 2.45) is 0 Å². The Morgan fingerprint density at radius 2 is 1.50 bits per heavy atom. The van der Waals surface area contributed by atoms with E-state index in [1.165, 1.54) is 38.5 Å². The van der Waals surface area contributed by atoms with E-state index in [1.54, 1.807) is 6.92 Å². The summed E-state index contributed by atoms with van der Waals surface area (Å²) in [6.07, 6.45) is 9.49. The molecule has 0 radical (unpaired) electrons. The minimum atomic E-state index is -0.264. The van der Waals surface area contributed by atoms with Crippen molar-refractivity contribution in [1.29, 1.82) is 0 Å². The third kappa shape index (κ3) is 4.38. The normalized spacial score (nSPS) is 21.4. The van der Waals surface area contributed by atoms with Crippen LogP contribution in [-0.4, -0.2) is 11.6 Å². The summed E-state index contributed by atoms with van der Waals surface area (Å²) < 4.78 is 5.59. The molecular formula is C14H24O2. The number of ether oxygens (including phenoxy) is 1. The van der Waals surface area contributed by atoms with Crippen LogP contribution in [-0.2, 0) is 9.53 Å². The molecule has 0 saturated heterocycles. The molecule has 0 spiro atoms. The molecule has 0 atom stereocenters. The Morgan fingerprint density at radius 3 is 1.94 bits per heavy atom. The summed E-state index contributed by atoms with van der Waals surface area (Å²) in [5.74, 6) is -0.234. The third-order valence-corrected chi connectivity index (χ3v) is 3.35. The zero-order chi connectivity index (χ0) is 12.0. The van der Waals surface area contributed by atoms with Gasteiger partial charge in [-0.1, -0.05) is 32.3 Å². The van der Waals surface area contributed by atoms with Gasteiger partial charge in [0.25, 0.3) is 0 Å². The summed E-state index contributed by atoms with van der Waals surface area (Å²) in [7, 11) is 0. The van der Waals surface area contributed by atoms with Crippen LogP contribution in [0.2, 0.25) is 0 Å². The van der Waals surface area contributed by atoms with E-state index in [1.807, 2.05) is 0 Å². The molecule has 0 amide bonds. The molecule has 0 unspecified atom stereocenters. The minimum Gasteiger partial charge on any atom is -0.456 e. The highest BCUT2D eigenvalue weighted by Crippen LogP contribution is 2.29. The predicted octanol–water partition coefficient (Wildman–Crippen LogP) is 4.00. The fourth-order valence-electron chi connectivity index (χ4n) is 2.24. The quantitative estimate of drug-likeness (QED) is 0.523. The van der Waals surface area contributed by atoms with Gasteiger partial charge in [0, 0.05) is 5.57 Å². The largest absolute Gasteiger partial charge is 0.456 e. The second kappa shape index (κ2) is 6.07. The lowest BCUT2D eigenvalue weighted by atomic mass is 9.93. The van der Waals surface area contributed by atoms with Crippen molar-refractivity contribution in [3.63, 3.8) is 0 Å². The van der Waals surface area contributed by atoms with Crippen molar-refractivity contribution in [2.75, 3.05) is 0 Å². The van der Waals surface area contributed by atoms with Gasteiger partial charge in [0.15, 0.2) is 0 Å². The van der Waals surface area contributed by atoms with Gasteiger partial charge in [-0.15, -0.1) is 0 Å². The van der Waals surface area contributed by atoms with Crippen molar-refractivity contribution in [2.45, 2.75) is 70.8 Å². The molecule has 0 aliphatic heterocycles. The molecule has 1 saturated carbocycles. The lowest BCUT2D eigenvalue weighted by Crippen LogP contribution is -2.31. The lowest BCUT2D eigenvalue weighted by molar-refractivity contribution is -0.154. The van der Waals surface area contributed by atoms with Gasteiger partial charge in [0.05, 0.1) is 0 Å². The monoisotopic (exact) mass is 224 g/mol. The van der Waals surface area contributed by atoms with E-state index in [-0.39, 0.29) is 11.6 Å². The van der Waals surface area contributed by atoms with E-state index in [4.69, 9.17) is 4.74 Å². The minimum absolute atomic E-state index is 0.234. The topological polar surface area (TPSA) is 26.3 Å². The van der Waals surface area contributed by atoms with Crippen molar-refractivity contribution < 1.29 is 9.53 Å². The van der Waals surface area contributed by atoms with Gasteiger partial charge in [-0.2, -0.15) is 0 Å². The van der Waals surface area contributed by atoms with E-state index >= 15 is 0 Å². The van der Waals surface area contributed by atoms with Crippen molar-refractivity contribution in [3.8, 4) is 0 Å². The number of esters is 1. The molecule has 0 aromatic rings. The Hall–Kier alpha value is -0.790. The molecule has 92 valence electrons. The number of hydrogen-bond donors (Lipinski definition) is 0. The second-order valence-electron chi connectivity index (χ2n) is 5.24. The highest BCUT2D eigenvalue weighted by molar-refractivity contribution is 5.87. The van der Waals surface area contributed by atoms with Crippen LogP contribution in [0.5, 0.6) is 0 Å². The van der Waals surface area contributed by atoms with E-state index < -0.39 is 0 Å². The first-order chi connectivity index (χ1) is 7.53. The van der Waals surface area contributed by atoms with Crippen molar-refractivity contribution in [3.05, 3.63) is 12.2 Å². The summed E-state index contributed by atoms with van der Waals surface area (Å²) in [5, 5.41) is 0. The molecule has 16 heavy (non-hydrogen) atoms. The number of rotatable bonds is 2. The van der Waals surface area contributed by atoms with E-state index in [0.717, 1.165) is 12.8 Å². The maximum Gasteiger partial charge on any atom is 0.333 e. The average Bonchev–Trinajstić information content (AvgIpc) is 2.30. The molecule has 0 aromatic heterocycles. The lowest BCUT2D eigenvalue weighted by Gasteiger charge is -2.29. The zero-order valence-corrected chi connectivity index (χ0v) is 10.7. The van der Waals surface area contributed by atoms with E-state index in [9.17, 15) is 4.79 Å². The van der Waals surface area contributed by atoms with Gasteiger partial charge in [-0.05, 0) is 39.5 Å². The molecule has 0 N–H and O–H groups in total. The first-order valence-electron chi connectivity index (χ1n) is 6.42. The Morgan fingerprint density at radius 1 is 1.06 bits per heavy atom. The smallest absolute Gasteiger partial charge is 0.333 e. The van der Waals surface area contributed by atoms with Gasteiger partial charge in [0.2, 0.25) is 0 Å². The van der Waals surface area contributed by atoms with Crippen LogP contribution in [0.1, 0.15) is 65.2 Å². The molecular weight excluding hydrogens is 200 g/mol. The summed E-state index contributed by atoms with van der Waals surface area (Å²) >= 11 is 0. The van der Waals surface area contributed by atoms with Crippen molar-refractivity contribution >= 4 is 5.97 Å². The molecule has 0 heterocycles. The number of carbonyl (C=O) groups excluding carboxylic acids is 1. The summed E-state index contributed by atoms with van der Waals surface area (Å²) in [6.45, 7) is 7.42. The Labute approximate surface area is 99.1 Å². The SMILES string of the molecule is C=C(C)C(=O)OC1(C)CCCCCCCC1. The maximum atomic E-state index is 11.6. The van der Waals surface area contributed by atoms with Crippen molar-refractivity contribution in [1.82, 2.24) is 0 Å². The predicted molar refractivity (Wildman–Crippen MR) is 66.2 cm³/mol. The van der Waals surface area contributed by atoms with Crippen LogP contribution in [0.4, 0.5) is 0 Å². The third-order valence-electron chi connectivity index (χ3n) is 3.35. The van der Waals surface area contributed by atoms with Gasteiger partial charge in [-0.3, -0.25) is 0 Å². The highest BCUT2D eigenvalue weighted by atomic mass is 16.6. The first-order valence-corrected chi connectivity index (χ1v) is 6.42. The van der Waals surface area contributed by atoms with Gasteiger partial charge in [0.1, 0.15) is 5.60 Å². The zero-order valence-electron chi connectivity index (χ0n) is 10.7. The van der Waals surface area contributed by atoms with Crippen LogP contribution in [0.3, 0.4) is 0 Å². The van der Waals surface area contributed by atoms with Crippen LogP contribution in [0.25, 0.3) is 0 Å². The summed E-state index contributed by atoms with van der Waals surface area (Å²) in [4.78, 5) is 11.6. The van der Waals surface area contributed by atoms with E-state index in [2.05, 4.69) is 13.5 Å². The molecule has 0 bridgehead atoms. The average molecular weight is 224 g/mol. The van der Waals surface area contributed by atoms with Crippen LogP contribution < -0.4 is 0 Å². The highest BCUT2D eigenvalue weighted by Gasteiger charge is 2.28. The number of carbonyl (C=O) groups is 1. The maximum absolute atomic E-state index is 11.6. The Bertz CT molecular complexity index is 245. The van der Waals surface area contributed by atoms with Crippen LogP contribution >= 0.6 is 0 Å². The van der Waals surface area contributed by atoms with Gasteiger partial charge < -0.3 is 4.74 Å². The van der Waals surface area contributed by atoms with E-state index in [0.29, 0.717) is 5.57 Å². The van der Waals surface area contributed by atoms with Crippen LogP contribution in [0.15, 0.2) is 12.2 Å². The fraction of sp³-hybridized carbons (Fsp3) is 0.786. The molecule has 2 nitrogen and oxygen atoms in total. The van der Waals surface area contributed by atoms with Crippen LogP contribution in [0, 0.1) is 0 Å². The molecule has 2 heteroatoms. The first kappa shape index (κ1) is 13.3. The molecule has 0 aromatic carbocycles.